The van der Waals surface area contributed by atoms with E-state index in [1.807, 2.05) is 122 Å². The number of rotatable bonds is 17. The zero-order valence-corrected chi connectivity index (χ0v) is 77.8. The Bertz CT molecular complexity index is 6110. The van der Waals surface area contributed by atoms with Gasteiger partial charge in [-0.2, -0.15) is 0 Å². The molecule has 0 amide bonds. The molecule has 2 N–H and O–H groups in total. The standard InChI is InChI=1S/C56H38N4.C32H20Cl2N4.C12H11BO2.3K.HO4P/c1-3-11-39(12-4-1)45-15-7-17-47(31-45)51-33-52(48-18-8-16-46(32-48)40-13-5-2-6-14-40)35-53(34-51)56-59-54(43-25-21-41(22-26-43)49-19-9-29-57-37-49)36-55(60-56)44-27-23-42(24-28-44)50-20-10-30-58-38-50;33-28-15-27(16-29(34)17-28)32-37-30(23-9-5-21(6-10-23)25-3-1-13-35-19-25)18-31(38-32)24-11-7-22(8-12-24)26-4-2-14-36-20-26;14-13(15)12-8-4-7-11(9-12)10-5-2-1-3-6-10;;;;1-4-5(2)3/h1-38H;1-20H;1-9,14-15H;;;;1H/q;;;;;+1;/p-1. The zero-order valence-electron chi connectivity index (χ0n) is 66.1. The van der Waals surface area contributed by atoms with Crippen molar-refractivity contribution in [1.29, 1.82) is 0 Å². The van der Waals surface area contributed by atoms with Crippen molar-refractivity contribution in [2.24, 2.45) is 0 Å². The Morgan fingerprint density at radius 3 is 0.785 bits per heavy atom. The smallest absolute Gasteiger partial charge is 0.160 e. The van der Waals surface area contributed by atoms with Crippen molar-refractivity contribution < 1.29 is 80.8 Å². The Morgan fingerprint density at radius 1 is 0.273 bits per heavy atom. The van der Waals surface area contributed by atoms with Crippen LogP contribution in [0.25, 0.3) is 168 Å². The Hall–Kier alpha value is -9.15. The van der Waals surface area contributed by atoms with Gasteiger partial charge < -0.3 is 20.2 Å². The maximum Gasteiger partial charge on any atom is 0.160 e. The van der Waals surface area contributed by atoms with E-state index in [0.717, 1.165) is 145 Å². The molecule has 14 nitrogen and oxygen atoms in total. The van der Waals surface area contributed by atoms with Crippen LogP contribution in [0.2, 0.25) is 10.0 Å². The van der Waals surface area contributed by atoms with Crippen molar-refractivity contribution in [2.75, 3.05) is 0 Å². The summed E-state index contributed by atoms with van der Waals surface area (Å²) in [6.07, 6.45) is 14.6. The monoisotopic (exact) mass is 1710 g/mol. The minimum atomic E-state index is -3.15. The fraction of sp³-hybridized carbons (Fsp3) is 0. The molecule has 1 unspecified atom stereocenters. The summed E-state index contributed by atoms with van der Waals surface area (Å²) in [4.78, 5) is 46.5. The van der Waals surface area contributed by atoms with Gasteiger partial charge in [-0.05, 0) is 195 Å². The van der Waals surface area contributed by atoms with Crippen LogP contribution in [-0.2, 0) is 9.24 Å². The van der Waals surface area contributed by atoms with Crippen LogP contribution in [-0.4, -0.2) is 120 Å². The number of halogens is 2. The molecule has 18 aromatic rings. The molecule has 0 saturated heterocycles. The van der Waals surface area contributed by atoms with Crippen molar-refractivity contribution in [1.82, 2.24) is 39.9 Å². The second-order valence-corrected chi connectivity index (χ2v) is 28.7. The first kappa shape index (κ1) is 89.6. The molecule has 0 aliphatic carbocycles. The molecule has 0 aliphatic heterocycles. The largest absolute Gasteiger partial charge is 0.264 e. The van der Waals surface area contributed by atoms with Gasteiger partial charge in [0, 0.05) is 93.0 Å². The molecule has 6 heterocycles. The number of benzene rings is 12. The Labute approximate surface area is 801 Å². The molecule has 0 fully saturated rings. The third-order valence-electron chi connectivity index (χ3n) is 19.4. The fourth-order valence-corrected chi connectivity index (χ4v) is 14.0. The summed E-state index contributed by atoms with van der Waals surface area (Å²) in [5.74, 6) is 1.20. The van der Waals surface area contributed by atoms with Crippen LogP contribution in [0.4, 0.5) is 0 Å². The van der Waals surface area contributed by atoms with Crippen molar-refractivity contribution in [3.05, 3.63) is 418 Å². The van der Waals surface area contributed by atoms with E-state index in [0.29, 0.717) is 27.2 Å². The van der Waals surface area contributed by atoms with Crippen molar-refractivity contribution in [3.8, 4) is 168 Å². The van der Waals surface area contributed by atoms with E-state index in [1.54, 1.807) is 43.0 Å². The van der Waals surface area contributed by atoms with E-state index in [4.69, 9.17) is 67.9 Å². The third-order valence-corrected chi connectivity index (χ3v) is 20.0. The molecule has 0 spiro atoms. The second kappa shape index (κ2) is 45.3. The number of aromatic nitrogens is 8. The maximum atomic E-state index is 9.05. The Morgan fingerprint density at radius 2 is 0.504 bits per heavy atom. The predicted octanol–water partition coefficient (Wildman–Crippen LogP) is 18.7. The van der Waals surface area contributed by atoms with Crippen molar-refractivity contribution >= 4 is 107 Å². The van der Waals surface area contributed by atoms with Crippen LogP contribution in [0, 0.1) is 0 Å². The number of pyridine rings is 4. The van der Waals surface area contributed by atoms with Crippen molar-refractivity contribution in [3.63, 3.8) is 0 Å². The van der Waals surface area contributed by atoms with Gasteiger partial charge in [0.1, 0.15) is 0 Å². The van der Waals surface area contributed by atoms with Gasteiger partial charge in [0.05, 0.1) is 22.8 Å². The minimum Gasteiger partial charge on any atom is -0.264 e. The van der Waals surface area contributed by atoms with E-state index < -0.39 is 15.4 Å². The normalized spacial score (nSPS) is 10.6. The molecule has 121 heavy (non-hydrogen) atoms. The van der Waals surface area contributed by atoms with Crippen LogP contribution >= 0.6 is 31.5 Å². The van der Waals surface area contributed by atoms with Crippen LogP contribution in [0.3, 0.4) is 0 Å². The third kappa shape index (κ3) is 24.6. The molecule has 0 bridgehead atoms. The van der Waals surface area contributed by atoms with E-state index >= 15 is 0 Å². The van der Waals surface area contributed by atoms with Gasteiger partial charge in [-0.3, -0.25) is 19.9 Å². The molecule has 0 aliphatic rings. The van der Waals surface area contributed by atoms with Gasteiger partial charge >= 0.3 is 130 Å². The van der Waals surface area contributed by atoms with Crippen LogP contribution in [0.5, 0.6) is 0 Å². The summed E-state index contributed by atoms with van der Waals surface area (Å²) in [6.45, 7) is 0. The quantitative estimate of drug-likeness (QED) is 0.0375. The van der Waals surface area contributed by atoms with Crippen LogP contribution in [0.15, 0.2) is 407 Å². The number of nitrogens with zero attached hydrogens (tertiary/aromatic N) is 8. The summed E-state index contributed by atoms with van der Waals surface area (Å²) in [5.41, 5.74) is 29.2. The number of hydrogen-bond donors (Lipinski definition) is 2. The molecular weight excluding hydrogens is 1640 g/mol. The molecule has 18 rings (SSSR count). The summed E-state index contributed by atoms with van der Waals surface area (Å²) < 4.78 is 11.3. The van der Waals surface area contributed by atoms with Gasteiger partial charge in [0.25, 0.3) is 0 Å². The summed E-state index contributed by atoms with van der Waals surface area (Å²) in [6, 6.07) is 122. The van der Waals surface area contributed by atoms with E-state index in [2.05, 4.69) is 267 Å². The summed E-state index contributed by atoms with van der Waals surface area (Å²) >= 11 is 15.1. The first-order valence-corrected chi connectivity index (χ1v) is 56.4. The fourth-order valence-electron chi connectivity index (χ4n) is 13.5. The first-order chi connectivity index (χ1) is 58.9. The van der Waals surface area contributed by atoms with Gasteiger partial charge in [0.15, 0.2) is 11.6 Å². The Balaban J connectivity index is 0.000000175. The summed E-state index contributed by atoms with van der Waals surface area (Å²) in [7, 11) is -4.56. The van der Waals surface area contributed by atoms with Crippen molar-refractivity contribution in [2.45, 2.75) is 0 Å². The molecule has 1 atom stereocenters. The van der Waals surface area contributed by atoms with Crippen LogP contribution < -0.4 is 67.0 Å². The molecule has 0 saturated carbocycles. The topological polar surface area (TPSA) is 216 Å². The number of hydrogen-bond acceptors (Lipinski definition) is 14. The maximum absolute atomic E-state index is 9.05. The van der Waals surface area contributed by atoms with Crippen LogP contribution in [0.1, 0.15) is 0 Å². The van der Waals surface area contributed by atoms with Gasteiger partial charge in [-0.25, -0.2) is 24.6 Å². The molecule has 21 heteroatoms. The Kier molecular flexibility index (Phi) is 33.5. The van der Waals surface area contributed by atoms with Gasteiger partial charge in [-0.1, -0.05) is 296 Å². The summed E-state index contributed by atoms with van der Waals surface area (Å²) in [5, 5.41) is 27.7. The first-order valence-electron chi connectivity index (χ1n) is 38.6. The molecule has 0 radical (unpaired) electrons. The minimum absolute atomic E-state index is 0. The van der Waals surface area contributed by atoms with E-state index in [9.17, 15) is 0 Å². The second-order valence-electron chi connectivity index (χ2n) is 27.2. The SMILES string of the molecule is Clc1cc(Cl)cc(-c2nc(-c3ccc(-c4cccnc4)cc3)cc(-c3ccc(-c4cccnc4)cc3)n2)c1.O=[P+]([O-])O[O-].OB(O)c1cccc(-c2ccccc2)c1.[K+].[K][K].c1ccc(-c2cccc(-c3cc(-c4cccc(-c5ccccc5)c4)cc(-c4nc(-c5ccc(-c6cccnc6)cc5)cc(-c5ccc(-c6cccnc6)cc5)n4)c3)c2)cc1. The average molecular weight is 1710 g/mol. The van der Waals surface area contributed by atoms with E-state index in [1.165, 1.54) is 74.3 Å². The molecular formula is C100H69BCl2K3N8O6P. The predicted molar refractivity (Wildman–Crippen MR) is 483 cm³/mol. The molecule has 570 valence electrons. The zero-order chi connectivity index (χ0) is 82.9. The molecule has 12 aromatic carbocycles. The van der Waals surface area contributed by atoms with E-state index in [-0.39, 0.29) is 51.4 Å². The van der Waals surface area contributed by atoms with Gasteiger partial charge in [-0.15, -0.1) is 0 Å². The average Bonchev–Trinajstić information content (AvgIpc) is 0.780. The molecule has 6 aromatic heterocycles. The van der Waals surface area contributed by atoms with Gasteiger partial charge in [0.2, 0.25) is 0 Å².